The first-order valence-electron chi connectivity index (χ1n) is 9.82. The average Bonchev–Trinajstić information content (AvgIpc) is 2.94. The lowest BCUT2D eigenvalue weighted by molar-refractivity contribution is 0.0668. The molecule has 1 saturated carbocycles. The number of rotatable bonds is 5. The van der Waals surface area contributed by atoms with Crippen LogP contribution < -0.4 is 4.74 Å². The summed E-state index contributed by atoms with van der Waals surface area (Å²) in [5.41, 5.74) is 1.99. The molecule has 1 aliphatic carbocycles. The van der Waals surface area contributed by atoms with Crippen LogP contribution in [0.25, 0.3) is 0 Å². The van der Waals surface area contributed by atoms with Crippen molar-refractivity contribution in [2.75, 3.05) is 39.8 Å². The molecule has 132 valence electrons. The average molecular weight is 329 g/mol. The second kappa shape index (κ2) is 7.05. The Morgan fingerprint density at radius 1 is 1.00 bits per heavy atom. The largest absolute Gasteiger partial charge is 0.497 e. The SMILES string of the molecule is COc1ccc(CN2CC[C@@]3(CCCN(CC4CCC4)C3)C2)cc1. The highest BCUT2D eigenvalue weighted by Crippen LogP contribution is 2.40. The monoisotopic (exact) mass is 328 g/mol. The number of nitrogens with zero attached hydrogens (tertiary/aromatic N) is 2. The molecule has 2 heterocycles. The molecule has 3 aliphatic rings. The van der Waals surface area contributed by atoms with Gasteiger partial charge in [0.1, 0.15) is 5.75 Å². The number of hydrogen-bond donors (Lipinski definition) is 0. The predicted molar refractivity (Wildman–Crippen MR) is 98.3 cm³/mol. The summed E-state index contributed by atoms with van der Waals surface area (Å²) in [7, 11) is 1.73. The first-order chi connectivity index (χ1) is 11.7. The zero-order valence-electron chi connectivity index (χ0n) is 15.2. The molecule has 0 radical (unpaired) electrons. The van der Waals surface area contributed by atoms with Crippen LogP contribution in [0.1, 0.15) is 44.1 Å². The van der Waals surface area contributed by atoms with Crippen LogP contribution in [-0.2, 0) is 6.54 Å². The fourth-order valence-electron chi connectivity index (χ4n) is 4.99. The molecule has 0 unspecified atom stereocenters. The summed E-state index contributed by atoms with van der Waals surface area (Å²) in [5.74, 6) is 1.97. The van der Waals surface area contributed by atoms with Gasteiger partial charge in [-0.25, -0.2) is 0 Å². The van der Waals surface area contributed by atoms with Gasteiger partial charge in [0.25, 0.3) is 0 Å². The summed E-state index contributed by atoms with van der Waals surface area (Å²) in [5, 5.41) is 0. The third-order valence-electron chi connectivity index (χ3n) is 6.56. The molecule has 0 N–H and O–H groups in total. The Bertz CT molecular complexity index is 539. The Morgan fingerprint density at radius 2 is 1.79 bits per heavy atom. The molecular weight excluding hydrogens is 296 g/mol. The Hall–Kier alpha value is -1.06. The van der Waals surface area contributed by atoms with Crippen LogP contribution in [0.5, 0.6) is 5.75 Å². The number of benzene rings is 1. The summed E-state index contributed by atoms with van der Waals surface area (Å²) < 4.78 is 5.27. The number of hydrogen-bond acceptors (Lipinski definition) is 3. The van der Waals surface area contributed by atoms with Gasteiger partial charge in [0.2, 0.25) is 0 Å². The van der Waals surface area contributed by atoms with Gasteiger partial charge < -0.3 is 9.64 Å². The highest BCUT2D eigenvalue weighted by Gasteiger charge is 2.41. The number of piperidine rings is 1. The molecule has 0 amide bonds. The number of ether oxygens (including phenoxy) is 1. The molecule has 4 rings (SSSR count). The summed E-state index contributed by atoms with van der Waals surface area (Å²) in [6.07, 6.45) is 8.67. The lowest BCUT2D eigenvalue weighted by Gasteiger charge is -2.43. The van der Waals surface area contributed by atoms with Crippen molar-refractivity contribution in [2.45, 2.75) is 45.1 Å². The quantitative estimate of drug-likeness (QED) is 0.818. The fourth-order valence-corrected chi connectivity index (χ4v) is 4.99. The highest BCUT2D eigenvalue weighted by atomic mass is 16.5. The van der Waals surface area contributed by atoms with Crippen LogP contribution in [0, 0.1) is 11.3 Å². The van der Waals surface area contributed by atoms with Crippen LogP contribution in [-0.4, -0.2) is 49.6 Å². The molecule has 0 aromatic heterocycles. The van der Waals surface area contributed by atoms with E-state index in [2.05, 4.69) is 34.1 Å². The summed E-state index contributed by atoms with van der Waals surface area (Å²) in [6, 6.07) is 8.60. The van der Waals surface area contributed by atoms with Crippen molar-refractivity contribution in [1.29, 1.82) is 0 Å². The van der Waals surface area contributed by atoms with Gasteiger partial charge in [-0.05, 0) is 74.2 Å². The first kappa shape index (κ1) is 16.4. The van der Waals surface area contributed by atoms with E-state index >= 15 is 0 Å². The van der Waals surface area contributed by atoms with Crippen LogP contribution >= 0.6 is 0 Å². The lowest BCUT2D eigenvalue weighted by Crippen LogP contribution is -2.47. The summed E-state index contributed by atoms with van der Waals surface area (Å²) >= 11 is 0. The van der Waals surface area contributed by atoms with Gasteiger partial charge in [-0.1, -0.05) is 18.6 Å². The molecule has 3 nitrogen and oxygen atoms in total. The van der Waals surface area contributed by atoms with Crippen LogP contribution in [0.2, 0.25) is 0 Å². The molecule has 2 aliphatic heterocycles. The van der Waals surface area contributed by atoms with Gasteiger partial charge in [-0.15, -0.1) is 0 Å². The minimum absolute atomic E-state index is 0.578. The van der Waals surface area contributed by atoms with E-state index in [1.54, 1.807) is 7.11 Å². The van der Waals surface area contributed by atoms with Crippen molar-refractivity contribution in [3.05, 3.63) is 29.8 Å². The van der Waals surface area contributed by atoms with Crippen molar-refractivity contribution >= 4 is 0 Å². The third kappa shape index (κ3) is 3.62. The maximum absolute atomic E-state index is 5.27. The maximum atomic E-state index is 5.27. The van der Waals surface area contributed by atoms with E-state index in [1.807, 2.05) is 0 Å². The summed E-state index contributed by atoms with van der Waals surface area (Å²) in [4.78, 5) is 5.47. The zero-order chi connectivity index (χ0) is 16.4. The Balaban J connectivity index is 1.32. The van der Waals surface area contributed by atoms with E-state index < -0.39 is 0 Å². The van der Waals surface area contributed by atoms with Crippen molar-refractivity contribution in [3.8, 4) is 5.75 Å². The number of likely N-dealkylation sites (tertiary alicyclic amines) is 2. The van der Waals surface area contributed by atoms with Gasteiger partial charge >= 0.3 is 0 Å². The Kier molecular flexibility index (Phi) is 4.82. The minimum Gasteiger partial charge on any atom is -0.497 e. The van der Waals surface area contributed by atoms with Crippen molar-refractivity contribution in [3.63, 3.8) is 0 Å². The van der Waals surface area contributed by atoms with E-state index in [-0.39, 0.29) is 0 Å². The van der Waals surface area contributed by atoms with E-state index in [1.165, 1.54) is 76.8 Å². The normalized spacial score (nSPS) is 29.0. The fraction of sp³-hybridized carbons (Fsp3) is 0.714. The highest BCUT2D eigenvalue weighted by molar-refractivity contribution is 5.27. The predicted octanol–water partition coefficient (Wildman–Crippen LogP) is 3.78. The van der Waals surface area contributed by atoms with Crippen molar-refractivity contribution in [1.82, 2.24) is 9.80 Å². The van der Waals surface area contributed by atoms with Crippen LogP contribution in [0.15, 0.2) is 24.3 Å². The van der Waals surface area contributed by atoms with E-state index in [4.69, 9.17) is 4.74 Å². The molecule has 1 aromatic rings. The molecule has 24 heavy (non-hydrogen) atoms. The van der Waals surface area contributed by atoms with Gasteiger partial charge in [0, 0.05) is 26.2 Å². The lowest BCUT2D eigenvalue weighted by atomic mass is 9.78. The standard InChI is InChI=1S/C21H32N2O/c1-24-20-8-6-19(7-9-20)15-23-13-11-21(17-23)10-3-12-22(16-21)14-18-4-2-5-18/h6-9,18H,2-5,10-17H2,1H3/t21-/m1/s1. The maximum Gasteiger partial charge on any atom is 0.118 e. The van der Waals surface area contributed by atoms with Crippen LogP contribution in [0.3, 0.4) is 0 Å². The van der Waals surface area contributed by atoms with Crippen molar-refractivity contribution in [2.24, 2.45) is 11.3 Å². The molecular formula is C21H32N2O. The molecule has 3 fully saturated rings. The van der Waals surface area contributed by atoms with Crippen molar-refractivity contribution < 1.29 is 4.74 Å². The van der Waals surface area contributed by atoms with Gasteiger partial charge in [-0.3, -0.25) is 4.90 Å². The first-order valence-corrected chi connectivity index (χ1v) is 9.82. The third-order valence-corrected chi connectivity index (χ3v) is 6.56. The second-order valence-electron chi connectivity index (χ2n) is 8.44. The van der Waals surface area contributed by atoms with E-state index in [9.17, 15) is 0 Å². The van der Waals surface area contributed by atoms with E-state index in [0.717, 1.165) is 18.2 Å². The molecule has 3 heteroatoms. The molecule has 1 spiro atoms. The Morgan fingerprint density at radius 3 is 2.50 bits per heavy atom. The molecule has 1 atom stereocenters. The molecule has 2 saturated heterocycles. The number of methoxy groups -OCH3 is 1. The summed E-state index contributed by atoms with van der Waals surface area (Å²) in [6.45, 7) is 7.72. The minimum atomic E-state index is 0.578. The van der Waals surface area contributed by atoms with Crippen LogP contribution in [0.4, 0.5) is 0 Å². The van der Waals surface area contributed by atoms with Gasteiger partial charge in [0.15, 0.2) is 0 Å². The molecule has 0 bridgehead atoms. The van der Waals surface area contributed by atoms with Gasteiger partial charge in [0.05, 0.1) is 7.11 Å². The Labute approximate surface area is 147 Å². The zero-order valence-corrected chi connectivity index (χ0v) is 15.2. The van der Waals surface area contributed by atoms with E-state index in [0.29, 0.717) is 5.41 Å². The topological polar surface area (TPSA) is 15.7 Å². The second-order valence-corrected chi connectivity index (χ2v) is 8.44. The van der Waals surface area contributed by atoms with Gasteiger partial charge in [-0.2, -0.15) is 0 Å². The smallest absolute Gasteiger partial charge is 0.118 e. The molecule has 1 aromatic carbocycles.